The molecule has 0 saturated carbocycles. The van der Waals surface area contributed by atoms with Crippen LogP contribution in [0.4, 0.5) is 4.39 Å². The number of nitrogens with zero attached hydrogens (tertiary/aromatic N) is 2. The van der Waals surface area contributed by atoms with Crippen molar-refractivity contribution < 1.29 is 22.7 Å². The fourth-order valence-corrected chi connectivity index (χ4v) is 3.90. The molecule has 1 aromatic rings. The Labute approximate surface area is 129 Å². The van der Waals surface area contributed by atoms with Crippen LogP contribution in [0.1, 0.15) is 23.2 Å². The van der Waals surface area contributed by atoms with Gasteiger partial charge in [0.25, 0.3) is 0 Å². The van der Waals surface area contributed by atoms with Crippen molar-refractivity contribution in [2.75, 3.05) is 27.2 Å². The second kappa shape index (κ2) is 6.31. The van der Waals surface area contributed by atoms with E-state index in [0.29, 0.717) is 0 Å². The van der Waals surface area contributed by atoms with Crippen LogP contribution in [0.5, 0.6) is 0 Å². The van der Waals surface area contributed by atoms with Crippen molar-refractivity contribution in [1.29, 1.82) is 0 Å². The SMILES string of the molecule is CN1CCCC1CN(C)S(=O)(=O)c1cc(C(=O)O)ccc1F. The minimum atomic E-state index is -4.07. The van der Waals surface area contributed by atoms with Gasteiger partial charge < -0.3 is 10.0 Å². The van der Waals surface area contributed by atoms with Gasteiger partial charge in [-0.05, 0) is 44.6 Å². The number of carboxylic acid groups (broad SMARTS) is 1. The summed E-state index contributed by atoms with van der Waals surface area (Å²) >= 11 is 0. The summed E-state index contributed by atoms with van der Waals surface area (Å²) in [6.07, 6.45) is 1.88. The highest BCUT2D eigenvalue weighted by Gasteiger charge is 2.30. The van der Waals surface area contributed by atoms with E-state index in [0.717, 1.165) is 41.9 Å². The first-order valence-corrected chi connectivity index (χ1v) is 8.37. The average Bonchev–Trinajstić information content (AvgIpc) is 2.84. The number of hydrogen-bond acceptors (Lipinski definition) is 4. The Bertz CT molecular complexity index is 677. The highest BCUT2D eigenvalue weighted by atomic mass is 32.2. The summed E-state index contributed by atoms with van der Waals surface area (Å²) in [5.41, 5.74) is -0.258. The molecule has 1 aromatic carbocycles. The predicted octanol–water partition coefficient (Wildman–Crippen LogP) is 1.24. The quantitative estimate of drug-likeness (QED) is 0.879. The zero-order valence-electron chi connectivity index (χ0n) is 12.5. The second-order valence-corrected chi connectivity index (χ2v) is 7.53. The van der Waals surface area contributed by atoms with E-state index in [1.807, 2.05) is 7.05 Å². The molecule has 6 nitrogen and oxygen atoms in total. The molecule has 22 heavy (non-hydrogen) atoms. The minimum Gasteiger partial charge on any atom is -0.478 e. The number of rotatable bonds is 5. The molecule has 1 unspecified atom stereocenters. The standard InChI is InChI=1S/C14H19FN2O4S/c1-16-7-3-4-11(16)9-17(2)22(20,21)13-8-10(14(18)19)5-6-12(13)15/h5-6,8,11H,3-4,7,9H2,1-2H3,(H,18,19). The third-order valence-electron chi connectivity index (χ3n) is 4.01. The maximum Gasteiger partial charge on any atom is 0.335 e. The first-order chi connectivity index (χ1) is 10.2. The molecule has 122 valence electrons. The highest BCUT2D eigenvalue weighted by Crippen LogP contribution is 2.23. The summed E-state index contributed by atoms with van der Waals surface area (Å²) in [5.74, 6) is -2.24. The van der Waals surface area contributed by atoms with Crippen molar-refractivity contribution in [2.45, 2.75) is 23.8 Å². The second-order valence-electron chi connectivity index (χ2n) is 5.51. The molecule has 1 heterocycles. The Hall–Kier alpha value is -1.51. The molecule has 0 radical (unpaired) electrons. The van der Waals surface area contributed by atoms with E-state index in [1.165, 1.54) is 7.05 Å². The number of carboxylic acids is 1. The normalized spacial score (nSPS) is 19.7. The number of sulfonamides is 1. The van der Waals surface area contributed by atoms with E-state index in [2.05, 4.69) is 4.90 Å². The molecule has 1 N–H and O–H groups in total. The lowest BCUT2D eigenvalue weighted by atomic mass is 10.2. The Morgan fingerprint density at radius 3 is 2.73 bits per heavy atom. The molecule has 1 fully saturated rings. The molecule has 0 aliphatic carbocycles. The highest BCUT2D eigenvalue weighted by molar-refractivity contribution is 7.89. The number of hydrogen-bond donors (Lipinski definition) is 1. The molecule has 0 amide bonds. The van der Waals surface area contributed by atoms with Gasteiger partial charge in [-0.25, -0.2) is 17.6 Å². The van der Waals surface area contributed by atoms with Crippen LogP contribution in [0, 0.1) is 5.82 Å². The van der Waals surface area contributed by atoms with Crippen molar-refractivity contribution >= 4 is 16.0 Å². The molecule has 0 aromatic heterocycles. The van der Waals surface area contributed by atoms with Crippen LogP contribution >= 0.6 is 0 Å². The van der Waals surface area contributed by atoms with E-state index in [9.17, 15) is 17.6 Å². The van der Waals surface area contributed by atoms with Crippen molar-refractivity contribution in [3.05, 3.63) is 29.6 Å². The van der Waals surface area contributed by atoms with Gasteiger partial charge in [0.15, 0.2) is 0 Å². The number of likely N-dealkylation sites (N-methyl/N-ethyl adjacent to an activating group) is 2. The van der Waals surface area contributed by atoms with Crippen molar-refractivity contribution in [1.82, 2.24) is 9.21 Å². The summed E-state index contributed by atoms with van der Waals surface area (Å²) in [4.78, 5) is 12.4. The van der Waals surface area contributed by atoms with Gasteiger partial charge in [0.2, 0.25) is 10.0 Å². The Morgan fingerprint density at radius 2 is 2.18 bits per heavy atom. The third-order valence-corrected chi connectivity index (χ3v) is 5.84. The Kier molecular flexibility index (Phi) is 4.84. The minimum absolute atomic E-state index is 0.0884. The fraction of sp³-hybridized carbons (Fsp3) is 0.500. The molecule has 1 atom stereocenters. The van der Waals surface area contributed by atoms with Crippen LogP contribution in [0.3, 0.4) is 0 Å². The Balaban J connectivity index is 2.29. The van der Waals surface area contributed by atoms with E-state index >= 15 is 0 Å². The summed E-state index contributed by atoms with van der Waals surface area (Å²) in [6.45, 7) is 1.15. The van der Waals surface area contributed by atoms with Crippen molar-refractivity contribution in [2.24, 2.45) is 0 Å². The third kappa shape index (κ3) is 3.29. The summed E-state index contributed by atoms with van der Waals surface area (Å²) < 4.78 is 40.0. The van der Waals surface area contributed by atoms with Gasteiger partial charge >= 0.3 is 5.97 Å². The first-order valence-electron chi connectivity index (χ1n) is 6.93. The number of carbonyl (C=O) groups is 1. The van der Waals surface area contributed by atoms with E-state index in [-0.39, 0.29) is 18.2 Å². The molecule has 1 aliphatic heterocycles. The fourth-order valence-electron chi connectivity index (χ4n) is 2.61. The van der Waals surface area contributed by atoms with Gasteiger partial charge in [-0.1, -0.05) is 0 Å². The van der Waals surface area contributed by atoms with Gasteiger partial charge in [0.1, 0.15) is 10.7 Å². The Morgan fingerprint density at radius 1 is 1.50 bits per heavy atom. The van der Waals surface area contributed by atoms with E-state index in [1.54, 1.807) is 0 Å². The first kappa shape index (κ1) is 16.9. The van der Waals surface area contributed by atoms with Gasteiger partial charge in [-0.3, -0.25) is 0 Å². The molecular formula is C14H19FN2O4S. The molecule has 8 heteroatoms. The summed E-state index contributed by atoms with van der Waals surface area (Å²) in [7, 11) is -0.765. The number of likely N-dealkylation sites (tertiary alicyclic amines) is 1. The lowest BCUT2D eigenvalue weighted by Gasteiger charge is -2.25. The monoisotopic (exact) mass is 330 g/mol. The van der Waals surface area contributed by atoms with Crippen LogP contribution in [0.2, 0.25) is 0 Å². The van der Waals surface area contributed by atoms with Crippen LogP contribution in [0.15, 0.2) is 23.1 Å². The van der Waals surface area contributed by atoms with Crippen molar-refractivity contribution in [3.63, 3.8) is 0 Å². The molecule has 0 spiro atoms. The molecule has 0 bridgehead atoms. The smallest absolute Gasteiger partial charge is 0.335 e. The van der Waals surface area contributed by atoms with Gasteiger partial charge in [0, 0.05) is 19.6 Å². The maximum absolute atomic E-state index is 13.9. The zero-order valence-corrected chi connectivity index (χ0v) is 13.3. The summed E-state index contributed by atoms with van der Waals surface area (Å²) in [6, 6.07) is 2.86. The van der Waals surface area contributed by atoms with Gasteiger partial charge in [0.05, 0.1) is 5.56 Å². The maximum atomic E-state index is 13.9. The van der Waals surface area contributed by atoms with Crippen molar-refractivity contribution in [3.8, 4) is 0 Å². The van der Waals surface area contributed by atoms with Crippen LogP contribution in [0.25, 0.3) is 0 Å². The van der Waals surface area contributed by atoms with E-state index < -0.39 is 26.7 Å². The van der Waals surface area contributed by atoms with Crippen LogP contribution < -0.4 is 0 Å². The largest absolute Gasteiger partial charge is 0.478 e. The zero-order chi connectivity index (χ0) is 16.5. The average molecular weight is 330 g/mol. The molecule has 1 saturated heterocycles. The van der Waals surface area contributed by atoms with Crippen LogP contribution in [-0.2, 0) is 10.0 Å². The lowest BCUT2D eigenvalue weighted by molar-refractivity contribution is 0.0696. The van der Waals surface area contributed by atoms with Gasteiger partial charge in [-0.2, -0.15) is 4.31 Å². The topological polar surface area (TPSA) is 77.9 Å². The van der Waals surface area contributed by atoms with Gasteiger partial charge in [-0.15, -0.1) is 0 Å². The number of halogens is 1. The van der Waals surface area contributed by atoms with Crippen LogP contribution in [-0.4, -0.2) is 61.9 Å². The number of benzene rings is 1. The molecule has 1 aliphatic rings. The predicted molar refractivity (Wildman–Crippen MR) is 78.8 cm³/mol. The molecule has 2 rings (SSSR count). The number of aromatic carboxylic acids is 1. The summed E-state index contributed by atoms with van der Waals surface area (Å²) in [5, 5.41) is 8.93. The lowest BCUT2D eigenvalue weighted by Crippen LogP contribution is -2.39. The van der Waals surface area contributed by atoms with E-state index in [4.69, 9.17) is 5.11 Å². The molecular weight excluding hydrogens is 311 g/mol.